The Morgan fingerprint density at radius 1 is 0.857 bits per heavy atom. The topological polar surface area (TPSA) is 84.9 Å². The summed E-state index contributed by atoms with van der Waals surface area (Å²) in [5.74, 6) is 0.356. The van der Waals surface area contributed by atoms with Crippen LogP contribution < -0.4 is 9.47 Å². The van der Waals surface area contributed by atoms with Crippen LogP contribution >= 0.6 is 0 Å². The summed E-state index contributed by atoms with van der Waals surface area (Å²) >= 11 is 0. The predicted octanol–water partition coefficient (Wildman–Crippen LogP) is 3.24. The highest BCUT2D eigenvalue weighted by molar-refractivity contribution is 6.01. The molecule has 5 rings (SSSR count). The number of piperidine rings is 1. The first-order valence-electron chi connectivity index (χ1n) is 12.3. The molecule has 0 aliphatic carbocycles. The van der Waals surface area contributed by atoms with E-state index in [0.717, 1.165) is 38.9 Å². The second-order valence-corrected chi connectivity index (χ2v) is 9.04. The Morgan fingerprint density at radius 3 is 2.34 bits per heavy atom. The maximum atomic E-state index is 11.8. The van der Waals surface area contributed by atoms with Gasteiger partial charge in [-0.25, -0.2) is 9.97 Å². The number of benzene rings is 2. The van der Waals surface area contributed by atoms with Gasteiger partial charge in [-0.15, -0.1) is 0 Å². The summed E-state index contributed by atoms with van der Waals surface area (Å²) in [6.45, 7) is 3.34. The minimum Gasteiger partial charge on any atom is -0.472 e. The van der Waals surface area contributed by atoms with Crippen LogP contribution in [0.4, 0.5) is 0 Å². The van der Waals surface area contributed by atoms with Crippen molar-refractivity contribution < 1.29 is 19.1 Å². The standard InChI is InChI=1S/C27H30N4O4/c32-24-7-8-25(33)31(24)17-18-34-26-27(29-13-12-28-26)35-23-10-15-30(16-11-23)14-9-20-5-6-21-3-1-2-4-22(21)19-20/h1-6,12-13,19,23H,7-11,14-18H2. The van der Waals surface area contributed by atoms with Gasteiger partial charge < -0.3 is 14.4 Å². The zero-order chi connectivity index (χ0) is 24.0. The SMILES string of the molecule is O=C1CCC(=O)N1CCOc1nccnc1OC1CCN(CCc2ccc3ccccc3c2)CC1. The summed E-state index contributed by atoms with van der Waals surface area (Å²) in [6, 6.07) is 15.2. The first kappa shape index (κ1) is 23.2. The third kappa shape index (κ3) is 5.77. The van der Waals surface area contributed by atoms with Gasteiger partial charge in [0.05, 0.1) is 6.54 Å². The Kier molecular flexibility index (Phi) is 7.18. The average molecular weight is 475 g/mol. The van der Waals surface area contributed by atoms with E-state index in [9.17, 15) is 9.59 Å². The third-order valence-electron chi connectivity index (χ3n) is 6.69. The number of nitrogens with zero attached hydrogens (tertiary/aromatic N) is 4. The van der Waals surface area contributed by atoms with Gasteiger partial charge in [0.15, 0.2) is 0 Å². The van der Waals surface area contributed by atoms with E-state index in [4.69, 9.17) is 9.47 Å². The molecule has 0 spiro atoms. The lowest BCUT2D eigenvalue weighted by Crippen LogP contribution is -2.39. The molecule has 0 radical (unpaired) electrons. The smallest absolute Gasteiger partial charge is 0.278 e. The number of carbonyl (C=O) groups is 2. The number of amides is 2. The number of likely N-dealkylation sites (tertiary alicyclic amines) is 2. The van der Waals surface area contributed by atoms with Gasteiger partial charge in [-0.3, -0.25) is 14.5 Å². The third-order valence-corrected chi connectivity index (χ3v) is 6.69. The molecule has 2 saturated heterocycles. The fourth-order valence-corrected chi connectivity index (χ4v) is 4.69. The average Bonchev–Trinajstić information content (AvgIpc) is 3.21. The molecule has 3 aromatic rings. The van der Waals surface area contributed by atoms with Crippen LogP contribution in [0, 0.1) is 0 Å². The molecule has 2 amide bonds. The Hall–Kier alpha value is -3.52. The molecule has 3 heterocycles. The molecule has 182 valence electrons. The molecule has 2 aliphatic heterocycles. The first-order valence-corrected chi connectivity index (χ1v) is 12.3. The number of rotatable bonds is 9. The molecule has 2 aliphatic rings. The van der Waals surface area contributed by atoms with Crippen molar-refractivity contribution in [3.63, 3.8) is 0 Å². The van der Waals surface area contributed by atoms with E-state index >= 15 is 0 Å². The Balaban J connectivity index is 1.08. The molecular weight excluding hydrogens is 444 g/mol. The molecule has 2 fully saturated rings. The number of hydrogen-bond acceptors (Lipinski definition) is 7. The molecular formula is C27H30N4O4. The minimum absolute atomic E-state index is 0.0488. The van der Waals surface area contributed by atoms with Crippen LogP contribution in [0.15, 0.2) is 54.9 Å². The van der Waals surface area contributed by atoms with Gasteiger partial charge in [0.2, 0.25) is 11.8 Å². The van der Waals surface area contributed by atoms with E-state index in [1.807, 2.05) is 0 Å². The second-order valence-electron chi connectivity index (χ2n) is 9.04. The number of hydrogen-bond donors (Lipinski definition) is 0. The number of imide groups is 1. The van der Waals surface area contributed by atoms with Crippen molar-refractivity contribution in [3.8, 4) is 11.8 Å². The van der Waals surface area contributed by atoms with E-state index in [1.54, 1.807) is 12.4 Å². The highest BCUT2D eigenvalue weighted by Gasteiger charge is 2.28. The summed E-state index contributed by atoms with van der Waals surface area (Å²) in [5.41, 5.74) is 1.36. The molecule has 0 N–H and O–H groups in total. The van der Waals surface area contributed by atoms with E-state index in [0.29, 0.717) is 11.8 Å². The van der Waals surface area contributed by atoms with Crippen LogP contribution in [0.5, 0.6) is 11.8 Å². The van der Waals surface area contributed by atoms with Gasteiger partial charge in [0.25, 0.3) is 11.8 Å². The van der Waals surface area contributed by atoms with Crippen molar-refractivity contribution >= 4 is 22.6 Å². The molecule has 8 nitrogen and oxygen atoms in total. The molecule has 0 atom stereocenters. The minimum atomic E-state index is -0.151. The maximum absolute atomic E-state index is 11.8. The molecule has 2 aromatic carbocycles. The zero-order valence-corrected chi connectivity index (χ0v) is 19.8. The van der Waals surface area contributed by atoms with Crippen molar-refractivity contribution in [2.24, 2.45) is 0 Å². The predicted molar refractivity (Wildman–Crippen MR) is 131 cm³/mol. The molecule has 0 bridgehead atoms. The largest absolute Gasteiger partial charge is 0.472 e. The zero-order valence-electron chi connectivity index (χ0n) is 19.8. The lowest BCUT2D eigenvalue weighted by Gasteiger charge is -2.32. The van der Waals surface area contributed by atoms with Crippen LogP contribution in [-0.2, 0) is 16.0 Å². The quantitative estimate of drug-likeness (QED) is 0.440. The van der Waals surface area contributed by atoms with Crippen LogP contribution in [0.2, 0.25) is 0 Å². The van der Waals surface area contributed by atoms with Gasteiger partial charge in [-0.2, -0.15) is 0 Å². The fourth-order valence-electron chi connectivity index (χ4n) is 4.69. The van der Waals surface area contributed by atoms with Gasteiger partial charge in [-0.05, 0) is 35.6 Å². The normalized spacial score (nSPS) is 17.3. The summed E-state index contributed by atoms with van der Waals surface area (Å²) in [7, 11) is 0. The van der Waals surface area contributed by atoms with Crippen molar-refractivity contribution in [1.82, 2.24) is 19.8 Å². The van der Waals surface area contributed by atoms with Crippen molar-refractivity contribution in [2.45, 2.75) is 38.2 Å². The lowest BCUT2D eigenvalue weighted by atomic mass is 10.0. The molecule has 8 heteroatoms. The summed E-state index contributed by atoms with van der Waals surface area (Å²) in [5, 5.41) is 2.57. The number of carbonyl (C=O) groups excluding carboxylic acids is 2. The highest BCUT2D eigenvalue weighted by Crippen LogP contribution is 2.25. The van der Waals surface area contributed by atoms with Gasteiger partial charge in [0, 0.05) is 44.9 Å². The van der Waals surface area contributed by atoms with E-state index < -0.39 is 0 Å². The van der Waals surface area contributed by atoms with Gasteiger partial charge in [0.1, 0.15) is 12.7 Å². The van der Waals surface area contributed by atoms with Crippen LogP contribution in [0.1, 0.15) is 31.2 Å². The molecule has 0 unspecified atom stereocenters. The van der Waals surface area contributed by atoms with Gasteiger partial charge in [-0.1, -0.05) is 42.5 Å². The van der Waals surface area contributed by atoms with Crippen LogP contribution in [0.25, 0.3) is 10.8 Å². The Labute approximate surface area is 204 Å². The second kappa shape index (κ2) is 10.8. The van der Waals surface area contributed by atoms with Crippen molar-refractivity contribution in [2.75, 3.05) is 32.8 Å². The molecule has 1 aromatic heterocycles. The van der Waals surface area contributed by atoms with Crippen molar-refractivity contribution in [1.29, 1.82) is 0 Å². The van der Waals surface area contributed by atoms with Crippen molar-refractivity contribution in [3.05, 3.63) is 60.4 Å². The lowest BCUT2D eigenvalue weighted by molar-refractivity contribution is -0.138. The number of ether oxygens (including phenoxy) is 2. The van der Waals surface area contributed by atoms with Gasteiger partial charge >= 0.3 is 0 Å². The first-order chi connectivity index (χ1) is 17.2. The highest BCUT2D eigenvalue weighted by atomic mass is 16.5. The van der Waals surface area contributed by atoms with E-state index in [1.165, 1.54) is 21.2 Å². The monoisotopic (exact) mass is 474 g/mol. The summed E-state index contributed by atoms with van der Waals surface area (Å²) in [6.07, 6.45) is 6.57. The molecule has 35 heavy (non-hydrogen) atoms. The number of aromatic nitrogens is 2. The summed E-state index contributed by atoms with van der Waals surface area (Å²) in [4.78, 5) is 35.8. The van der Waals surface area contributed by atoms with Crippen LogP contribution in [-0.4, -0.2) is 70.5 Å². The van der Waals surface area contributed by atoms with Crippen LogP contribution in [0.3, 0.4) is 0 Å². The molecule has 0 saturated carbocycles. The van der Waals surface area contributed by atoms with E-state index in [2.05, 4.69) is 57.3 Å². The Morgan fingerprint density at radius 2 is 1.57 bits per heavy atom. The number of fused-ring (bicyclic) bond motifs is 1. The van der Waals surface area contributed by atoms with E-state index in [-0.39, 0.29) is 43.9 Å². The fraction of sp³-hybridized carbons (Fsp3) is 0.407. The Bertz CT molecular complexity index is 1180. The maximum Gasteiger partial charge on any atom is 0.278 e. The summed E-state index contributed by atoms with van der Waals surface area (Å²) < 4.78 is 11.9.